The summed E-state index contributed by atoms with van der Waals surface area (Å²) in [6.45, 7) is 2.02. The quantitative estimate of drug-likeness (QED) is 0.790. The Labute approximate surface area is 121 Å². The van der Waals surface area contributed by atoms with Gasteiger partial charge < -0.3 is 10.1 Å². The van der Waals surface area contributed by atoms with Crippen molar-refractivity contribution >= 4 is 27.5 Å². The van der Waals surface area contributed by atoms with E-state index < -0.39 is 0 Å². The molecular formula is C15H15N3OS. The van der Waals surface area contributed by atoms with Crippen LogP contribution >= 0.6 is 11.3 Å². The van der Waals surface area contributed by atoms with E-state index in [1.807, 2.05) is 36.6 Å². The van der Waals surface area contributed by atoms with Gasteiger partial charge in [0.05, 0.1) is 5.39 Å². The first-order valence-corrected chi connectivity index (χ1v) is 7.30. The summed E-state index contributed by atoms with van der Waals surface area (Å²) >= 11 is 1.58. The van der Waals surface area contributed by atoms with Gasteiger partial charge in [-0.2, -0.15) is 4.98 Å². The van der Waals surface area contributed by atoms with E-state index in [4.69, 9.17) is 4.74 Å². The minimum atomic E-state index is -0.0566. The number of anilines is 1. The fraction of sp³-hybridized carbons (Fsp3) is 0.200. The Bertz CT molecular complexity index is 711. The number of benzene rings is 1. The zero-order valence-electron chi connectivity index (χ0n) is 11.3. The van der Waals surface area contributed by atoms with E-state index in [1.54, 1.807) is 18.4 Å². The summed E-state index contributed by atoms with van der Waals surface area (Å²) in [7, 11) is 1.80. The predicted octanol–water partition coefficient (Wildman–Crippen LogP) is 3.87. The Morgan fingerprint density at radius 3 is 2.70 bits per heavy atom. The highest BCUT2D eigenvalue weighted by atomic mass is 32.1. The van der Waals surface area contributed by atoms with Crippen molar-refractivity contribution in [3.05, 3.63) is 47.3 Å². The number of thiophene rings is 1. The Hall–Kier alpha value is -2.14. The Morgan fingerprint density at radius 2 is 1.95 bits per heavy atom. The lowest BCUT2D eigenvalue weighted by atomic mass is 10.1. The summed E-state index contributed by atoms with van der Waals surface area (Å²) < 4.78 is 6.03. The average Bonchev–Trinajstić information content (AvgIpc) is 2.96. The molecule has 5 heteroatoms. The molecule has 2 heterocycles. The first-order valence-electron chi connectivity index (χ1n) is 6.42. The fourth-order valence-corrected chi connectivity index (χ4v) is 2.74. The Morgan fingerprint density at radius 1 is 1.15 bits per heavy atom. The lowest BCUT2D eigenvalue weighted by molar-refractivity contribution is 0.221. The third-order valence-corrected chi connectivity index (χ3v) is 3.88. The number of rotatable bonds is 4. The molecule has 1 N–H and O–H groups in total. The molecule has 102 valence electrons. The van der Waals surface area contributed by atoms with Crippen molar-refractivity contribution in [3.63, 3.8) is 0 Å². The summed E-state index contributed by atoms with van der Waals surface area (Å²) in [6.07, 6.45) is -0.0566. The number of ether oxygens (including phenoxy) is 1. The van der Waals surface area contributed by atoms with Gasteiger partial charge in [-0.3, -0.25) is 0 Å². The first kappa shape index (κ1) is 12.9. The van der Waals surface area contributed by atoms with Crippen LogP contribution in [0.15, 0.2) is 41.8 Å². The number of aromatic nitrogens is 2. The zero-order chi connectivity index (χ0) is 13.9. The largest absolute Gasteiger partial charge is 0.469 e. The van der Waals surface area contributed by atoms with Crippen molar-refractivity contribution in [1.82, 2.24) is 9.97 Å². The maximum absolute atomic E-state index is 6.03. The van der Waals surface area contributed by atoms with E-state index in [9.17, 15) is 0 Å². The fourth-order valence-electron chi connectivity index (χ4n) is 1.99. The van der Waals surface area contributed by atoms with E-state index in [0.717, 1.165) is 15.8 Å². The highest BCUT2D eigenvalue weighted by Gasteiger charge is 2.13. The van der Waals surface area contributed by atoms with Gasteiger partial charge in [0.25, 0.3) is 0 Å². The van der Waals surface area contributed by atoms with Crippen LogP contribution in [0.2, 0.25) is 0 Å². The van der Waals surface area contributed by atoms with Crippen LogP contribution in [-0.2, 0) is 0 Å². The van der Waals surface area contributed by atoms with Crippen LogP contribution in [0.1, 0.15) is 18.6 Å². The molecule has 1 atom stereocenters. The summed E-state index contributed by atoms with van der Waals surface area (Å²) in [5.74, 6) is 1.20. The van der Waals surface area contributed by atoms with Crippen LogP contribution < -0.4 is 10.1 Å². The van der Waals surface area contributed by atoms with Crippen LogP contribution in [-0.4, -0.2) is 17.0 Å². The lowest BCUT2D eigenvalue weighted by Crippen LogP contribution is -2.06. The van der Waals surface area contributed by atoms with Crippen molar-refractivity contribution in [2.24, 2.45) is 0 Å². The summed E-state index contributed by atoms with van der Waals surface area (Å²) in [5.41, 5.74) is 1.13. The molecule has 0 spiro atoms. The smallest absolute Gasteiger partial charge is 0.227 e. The number of hydrogen-bond donors (Lipinski definition) is 1. The molecule has 3 rings (SSSR count). The van der Waals surface area contributed by atoms with Gasteiger partial charge in [-0.25, -0.2) is 4.98 Å². The maximum atomic E-state index is 6.03. The molecule has 0 aliphatic rings. The van der Waals surface area contributed by atoms with Gasteiger partial charge in [0.1, 0.15) is 10.9 Å². The van der Waals surface area contributed by atoms with Crippen LogP contribution in [0.3, 0.4) is 0 Å². The van der Waals surface area contributed by atoms with Crippen LogP contribution in [0, 0.1) is 0 Å². The van der Waals surface area contributed by atoms with E-state index in [2.05, 4.69) is 27.4 Å². The monoisotopic (exact) mass is 285 g/mol. The zero-order valence-corrected chi connectivity index (χ0v) is 12.1. The average molecular weight is 285 g/mol. The predicted molar refractivity (Wildman–Crippen MR) is 82.4 cm³/mol. The van der Waals surface area contributed by atoms with E-state index in [0.29, 0.717) is 11.8 Å². The number of nitrogens with zero attached hydrogens (tertiary/aromatic N) is 2. The van der Waals surface area contributed by atoms with Gasteiger partial charge in [0.15, 0.2) is 0 Å². The van der Waals surface area contributed by atoms with E-state index >= 15 is 0 Å². The Balaban J connectivity index is 1.95. The van der Waals surface area contributed by atoms with Crippen molar-refractivity contribution in [2.45, 2.75) is 13.0 Å². The van der Waals surface area contributed by atoms with E-state index in [1.165, 1.54) is 0 Å². The molecule has 2 aromatic heterocycles. The molecule has 1 unspecified atom stereocenters. The highest BCUT2D eigenvalue weighted by molar-refractivity contribution is 7.16. The lowest BCUT2D eigenvalue weighted by Gasteiger charge is -2.15. The number of nitrogens with one attached hydrogen (secondary N) is 1. The molecule has 0 fully saturated rings. The molecule has 0 radical (unpaired) electrons. The minimum absolute atomic E-state index is 0.0566. The van der Waals surface area contributed by atoms with Crippen molar-refractivity contribution in [1.29, 1.82) is 0 Å². The van der Waals surface area contributed by atoms with Gasteiger partial charge >= 0.3 is 0 Å². The molecule has 4 nitrogen and oxygen atoms in total. The van der Waals surface area contributed by atoms with Crippen molar-refractivity contribution < 1.29 is 4.74 Å². The third kappa shape index (κ3) is 2.44. The molecule has 1 aromatic carbocycles. The second-order valence-corrected chi connectivity index (χ2v) is 5.31. The minimum Gasteiger partial charge on any atom is -0.469 e. The van der Waals surface area contributed by atoms with Crippen molar-refractivity contribution in [3.8, 4) is 5.88 Å². The molecule has 3 aromatic rings. The van der Waals surface area contributed by atoms with Crippen molar-refractivity contribution in [2.75, 3.05) is 12.4 Å². The van der Waals surface area contributed by atoms with Gasteiger partial charge in [-0.15, -0.1) is 11.3 Å². The van der Waals surface area contributed by atoms with Crippen LogP contribution in [0.4, 0.5) is 5.95 Å². The van der Waals surface area contributed by atoms with Crippen LogP contribution in [0.5, 0.6) is 5.88 Å². The molecule has 0 amide bonds. The van der Waals surface area contributed by atoms with Gasteiger partial charge in [-0.1, -0.05) is 30.3 Å². The SMILES string of the molecule is CNc1nc(OC(C)c2ccccc2)c2ccsc2n1. The van der Waals surface area contributed by atoms with Gasteiger partial charge in [0.2, 0.25) is 11.8 Å². The number of fused-ring (bicyclic) bond motifs is 1. The second-order valence-electron chi connectivity index (χ2n) is 4.41. The Kier molecular flexibility index (Phi) is 3.52. The first-order chi connectivity index (χ1) is 9.78. The molecular weight excluding hydrogens is 270 g/mol. The number of hydrogen-bond acceptors (Lipinski definition) is 5. The topological polar surface area (TPSA) is 47.0 Å². The molecule has 0 aliphatic carbocycles. The summed E-state index contributed by atoms with van der Waals surface area (Å²) in [6, 6.07) is 12.1. The van der Waals surface area contributed by atoms with Crippen LogP contribution in [0.25, 0.3) is 10.2 Å². The molecule has 20 heavy (non-hydrogen) atoms. The maximum Gasteiger partial charge on any atom is 0.227 e. The molecule has 0 bridgehead atoms. The van der Waals surface area contributed by atoms with Gasteiger partial charge in [0, 0.05) is 7.05 Å². The molecule has 0 aliphatic heterocycles. The second kappa shape index (κ2) is 5.46. The standard InChI is InChI=1S/C15H15N3OS/c1-10(11-6-4-3-5-7-11)19-13-12-8-9-20-14(12)18-15(16-2)17-13/h3-10H,1-2H3,(H,16,17,18). The third-order valence-electron chi connectivity index (χ3n) is 3.07. The summed E-state index contributed by atoms with van der Waals surface area (Å²) in [5, 5.41) is 5.92. The highest BCUT2D eigenvalue weighted by Crippen LogP contribution is 2.31. The molecule has 0 saturated carbocycles. The molecule has 0 saturated heterocycles. The summed E-state index contributed by atoms with van der Waals surface area (Å²) in [4.78, 5) is 9.76. The van der Waals surface area contributed by atoms with E-state index in [-0.39, 0.29) is 6.10 Å². The van der Waals surface area contributed by atoms with Gasteiger partial charge in [-0.05, 0) is 23.9 Å². The normalized spacial score (nSPS) is 12.3.